The highest BCUT2D eigenvalue weighted by molar-refractivity contribution is 7.26. The van der Waals surface area contributed by atoms with Gasteiger partial charge in [0.25, 0.3) is 0 Å². The molecule has 13 rings (SSSR count). The Hall–Kier alpha value is -6.36. The first kappa shape index (κ1) is 40.9. The molecule has 1 aliphatic carbocycles. The summed E-state index contributed by atoms with van der Waals surface area (Å²) < 4.78 is 5.41. The normalized spacial score (nSPS) is 14.9. The molecule has 2 nitrogen and oxygen atoms in total. The summed E-state index contributed by atoms with van der Waals surface area (Å²) in [6, 6.07) is 56.9. The van der Waals surface area contributed by atoms with Crippen molar-refractivity contribution in [3.8, 4) is 39.1 Å². The monoisotopic (exact) mass is 884 g/mol. The zero-order chi connectivity index (χ0) is 46.3. The van der Waals surface area contributed by atoms with E-state index in [1.165, 1.54) is 131 Å². The minimum atomic E-state index is -0.247. The maximum atomic E-state index is 2.80. The number of aromatic nitrogens is 1. The highest BCUT2D eigenvalue weighted by Crippen LogP contribution is 2.59. The highest BCUT2D eigenvalue weighted by Gasteiger charge is 2.49. The molecule has 328 valence electrons. The second-order valence-electron chi connectivity index (χ2n) is 23.4. The number of fused-ring (bicyclic) bond motifs is 15. The van der Waals surface area contributed by atoms with E-state index >= 15 is 0 Å². The van der Waals surface area contributed by atoms with Crippen LogP contribution in [-0.4, -0.2) is 11.4 Å². The Balaban J connectivity index is 1.28. The fraction of sp³-hybridized carbons (Fsp3) is 0.238. The number of hydrogen-bond acceptors (Lipinski definition) is 2. The zero-order valence-electron chi connectivity index (χ0n) is 40.7. The van der Waals surface area contributed by atoms with Crippen molar-refractivity contribution in [1.29, 1.82) is 0 Å². The summed E-state index contributed by atoms with van der Waals surface area (Å²) in [4.78, 5) is 2.80. The molecular weight excluding hydrogens is 828 g/mol. The number of thiophene rings is 1. The molecular formula is C63H57BN2S. The van der Waals surface area contributed by atoms with Crippen LogP contribution in [0.5, 0.6) is 0 Å². The molecule has 0 atom stereocenters. The van der Waals surface area contributed by atoms with Crippen molar-refractivity contribution in [3.63, 3.8) is 0 Å². The fourth-order valence-corrected chi connectivity index (χ4v) is 13.6. The molecule has 0 N–H and O–H groups in total. The van der Waals surface area contributed by atoms with Crippen LogP contribution in [0.2, 0.25) is 0 Å². The Bertz CT molecular complexity index is 3780. The van der Waals surface area contributed by atoms with Crippen LogP contribution in [-0.2, 0) is 21.7 Å². The standard InChI is InChI=1S/C63H57BN2S/c1-60(2,3)37-26-29-50(43(31-37)36-19-13-12-14-20-36)66-51-30-27-42-40-21-15-17-23-47(40)63(10,11)56(42)54(51)55-57-52(35-46-41-22-16-18-24-53(41)67-59(46)55)65-49-28-25-38(61(4,5)6)32-44(49)45-33-39(62(7,8)9)34-48(58(45)65)64(57)66/h12-35H,1-11H3. The lowest BCUT2D eigenvalue weighted by atomic mass is 9.43. The van der Waals surface area contributed by atoms with E-state index < -0.39 is 0 Å². The molecule has 0 saturated heterocycles. The maximum absolute atomic E-state index is 2.80. The van der Waals surface area contributed by atoms with Crippen LogP contribution in [0.3, 0.4) is 0 Å². The third-order valence-corrected chi connectivity index (χ3v) is 17.0. The largest absolute Gasteiger partial charge is 0.376 e. The average molecular weight is 885 g/mol. The van der Waals surface area contributed by atoms with E-state index in [1.807, 2.05) is 11.3 Å². The van der Waals surface area contributed by atoms with Crippen LogP contribution >= 0.6 is 11.3 Å². The molecule has 0 unspecified atom stereocenters. The SMILES string of the molecule is CC(C)(C)c1ccc(N2B3c4c(cc5c(sc6ccccc65)c4-c4c2ccc2c4C(C)(C)c4ccccc4-2)-n2c4ccc(C(C)(C)C)cc4c4cc(C(C)(C)C)cc3c42)c(-c2ccccc2)c1. The van der Waals surface area contributed by atoms with E-state index in [0.29, 0.717) is 0 Å². The van der Waals surface area contributed by atoms with E-state index in [2.05, 4.69) is 231 Å². The molecule has 10 aromatic rings. The average Bonchev–Trinajstić information content (AvgIpc) is 3.92. The summed E-state index contributed by atoms with van der Waals surface area (Å²) in [5, 5.41) is 5.35. The Kier molecular flexibility index (Phi) is 8.19. The summed E-state index contributed by atoms with van der Waals surface area (Å²) in [6.07, 6.45) is 0. The Labute approximate surface area is 400 Å². The van der Waals surface area contributed by atoms with Crippen molar-refractivity contribution in [2.75, 3.05) is 4.81 Å². The third-order valence-electron chi connectivity index (χ3n) is 15.8. The van der Waals surface area contributed by atoms with Gasteiger partial charge in [0.15, 0.2) is 0 Å². The predicted molar refractivity (Wildman–Crippen MR) is 292 cm³/mol. The maximum Gasteiger partial charge on any atom is 0.333 e. The zero-order valence-corrected chi connectivity index (χ0v) is 41.6. The fourth-order valence-electron chi connectivity index (χ4n) is 12.3. The lowest BCUT2D eigenvalue weighted by Gasteiger charge is -2.45. The van der Waals surface area contributed by atoms with E-state index in [-0.39, 0.29) is 28.5 Å². The molecule has 2 aliphatic heterocycles. The van der Waals surface area contributed by atoms with Gasteiger partial charge in [0.05, 0.1) is 11.0 Å². The quantitative estimate of drug-likeness (QED) is 0.157. The Morgan fingerprint density at radius 3 is 1.91 bits per heavy atom. The van der Waals surface area contributed by atoms with Crippen molar-refractivity contribution >= 4 is 82.5 Å². The van der Waals surface area contributed by atoms with Gasteiger partial charge in [-0.25, -0.2) is 0 Å². The van der Waals surface area contributed by atoms with Crippen molar-refractivity contribution in [3.05, 3.63) is 173 Å². The molecule has 2 aromatic heterocycles. The third kappa shape index (κ3) is 5.57. The van der Waals surface area contributed by atoms with Crippen LogP contribution in [0.15, 0.2) is 146 Å². The van der Waals surface area contributed by atoms with E-state index in [1.54, 1.807) is 0 Å². The van der Waals surface area contributed by atoms with Crippen molar-refractivity contribution in [1.82, 2.24) is 4.57 Å². The summed E-state index contributed by atoms with van der Waals surface area (Å²) in [6.45, 7) is 26.1. The molecule has 0 bridgehead atoms. The molecule has 3 aliphatic rings. The Morgan fingerprint density at radius 2 is 1.15 bits per heavy atom. The Morgan fingerprint density at radius 1 is 0.493 bits per heavy atom. The molecule has 0 saturated carbocycles. The van der Waals surface area contributed by atoms with E-state index in [9.17, 15) is 0 Å². The lowest BCUT2D eigenvalue weighted by molar-refractivity contribution is 0.590. The van der Waals surface area contributed by atoms with Gasteiger partial charge in [-0.15, -0.1) is 11.3 Å². The van der Waals surface area contributed by atoms with Gasteiger partial charge in [-0.05, 0) is 120 Å². The highest BCUT2D eigenvalue weighted by atomic mass is 32.1. The van der Waals surface area contributed by atoms with Gasteiger partial charge in [-0.1, -0.05) is 173 Å². The number of rotatable bonds is 2. The molecule has 4 heteroatoms. The van der Waals surface area contributed by atoms with Crippen LogP contribution in [0.25, 0.3) is 81.0 Å². The summed E-state index contributed by atoms with van der Waals surface area (Å²) in [5.41, 5.74) is 23.7. The van der Waals surface area contributed by atoms with Gasteiger partial charge in [-0.2, -0.15) is 0 Å². The van der Waals surface area contributed by atoms with Crippen molar-refractivity contribution in [2.45, 2.75) is 97.8 Å². The van der Waals surface area contributed by atoms with Gasteiger partial charge in [0.2, 0.25) is 0 Å². The van der Waals surface area contributed by atoms with Gasteiger partial charge >= 0.3 is 6.85 Å². The topological polar surface area (TPSA) is 8.17 Å². The first-order valence-electron chi connectivity index (χ1n) is 24.3. The lowest BCUT2D eigenvalue weighted by Crippen LogP contribution is -2.61. The summed E-state index contributed by atoms with van der Waals surface area (Å²) >= 11 is 1.98. The van der Waals surface area contributed by atoms with Gasteiger partial charge < -0.3 is 9.38 Å². The second-order valence-corrected chi connectivity index (χ2v) is 24.4. The smallest absolute Gasteiger partial charge is 0.333 e. The first-order chi connectivity index (χ1) is 31.9. The van der Waals surface area contributed by atoms with E-state index in [4.69, 9.17) is 0 Å². The first-order valence-corrected chi connectivity index (χ1v) is 25.1. The number of hydrogen-bond donors (Lipinski definition) is 0. The second kappa shape index (κ2) is 13.4. The molecule has 0 radical (unpaired) electrons. The molecule has 8 aromatic carbocycles. The molecule has 67 heavy (non-hydrogen) atoms. The van der Waals surface area contributed by atoms with Crippen molar-refractivity contribution in [2.24, 2.45) is 0 Å². The number of benzene rings is 8. The van der Waals surface area contributed by atoms with Crippen LogP contribution in [0.1, 0.15) is 104 Å². The van der Waals surface area contributed by atoms with Crippen LogP contribution in [0.4, 0.5) is 11.4 Å². The van der Waals surface area contributed by atoms with Gasteiger partial charge in [-0.3, -0.25) is 0 Å². The van der Waals surface area contributed by atoms with Crippen LogP contribution < -0.4 is 15.7 Å². The minimum absolute atomic E-state index is 0.00179. The summed E-state index contributed by atoms with van der Waals surface area (Å²) in [7, 11) is 0. The summed E-state index contributed by atoms with van der Waals surface area (Å²) in [5.74, 6) is 0. The number of anilines is 2. The molecule has 0 fully saturated rings. The van der Waals surface area contributed by atoms with E-state index in [0.717, 1.165) is 0 Å². The van der Waals surface area contributed by atoms with Crippen LogP contribution in [0, 0.1) is 0 Å². The van der Waals surface area contributed by atoms with Gasteiger partial charge in [0.1, 0.15) is 0 Å². The molecule has 0 amide bonds. The minimum Gasteiger partial charge on any atom is -0.376 e. The number of nitrogens with zero attached hydrogens (tertiary/aromatic N) is 2. The van der Waals surface area contributed by atoms with Gasteiger partial charge in [0, 0.05) is 70.1 Å². The van der Waals surface area contributed by atoms with Crippen molar-refractivity contribution < 1.29 is 0 Å². The predicted octanol–water partition coefficient (Wildman–Crippen LogP) is 16.3. The molecule has 4 heterocycles. The molecule has 0 spiro atoms.